The van der Waals surface area contributed by atoms with Crippen molar-refractivity contribution in [3.63, 3.8) is 0 Å². The number of rotatable bonds is 4. The van der Waals surface area contributed by atoms with Crippen LogP contribution in [0.5, 0.6) is 0 Å². The van der Waals surface area contributed by atoms with Crippen LogP contribution in [0.4, 0.5) is 0 Å². The summed E-state index contributed by atoms with van der Waals surface area (Å²) < 4.78 is 0. The van der Waals surface area contributed by atoms with E-state index in [4.69, 9.17) is 23.2 Å². The van der Waals surface area contributed by atoms with Gasteiger partial charge in [0.15, 0.2) is 5.78 Å². The van der Waals surface area contributed by atoms with Gasteiger partial charge in [-0.1, -0.05) is 60.8 Å². The van der Waals surface area contributed by atoms with Gasteiger partial charge in [-0.2, -0.15) is 0 Å². The minimum Gasteiger partial charge on any atom is -0.289 e. The lowest BCUT2D eigenvalue weighted by Gasteiger charge is -2.05. The van der Waals surface area contributed by atoms with Crippen LogP contribution >= 0.6 is 23.2 Å². The van der Waals surface area contributed by atoms with Gasteiger partial charge in [0.25, 0.3) is 0 Å². The topological polar surface area (TPSA) is 17.1 Å². The predicted octanol–water partition coefficient (Wildman–Crippen LogP) is 5.18. The molecule has 19 heavy (non-hydrogen) atoms. The maximum absolute atomic E-state index is 12.3. The Labute approximate surface area is 123 Å². The molecule has 0 amide bonds. The van der Waals surface area contributed by atoms with Crippen molar-refractivity contribution in [3.05, 3.63) is 69.2 Å². The summed E-state index contributed by atoms with van der Waals surface area (Å²) in [5.41, 5.74) is 2.30. The molecule has 0 unspecified atom stereocenters. The van der Waals surface area contributed by atoms with E-state index in [1.165, 1.54) is 5.56 Å². The molecular weight excluding hydrogens is 279 g/mol. The van der Waals surface area contributed by atoms with Crippen LogP contribution in [0.3, 0.4) is 0 Å². The van der Waals surface area contributed by atoms with Gasteiger partial charge in [-0.25, -0.2) is 0 Å². The standard InChI is InChI=1S/C16H14Cl2O/c1-2-3-11-4-6-12(7-5-11)16(19)14-10-13(17)8-9-15(14)18/h4-10H,2-3H2,1H3. The van der Waals surface area contributed by atoms with Gasteiger partial charge in [0, 0.05) is 16.1 Å². The van der Waals surface area contributed by atoms with Crippen LogP contribution in [0, 0.1) is 0 Å². The normalized spacial score (nSPS) is 10.5. The van der Waals surface area contributed by atoms with Gasteiger partial charge < -0.3 is 0 Å². The van der Waals surface area contributed by atoms with E-state index in [2.05, 4.69) is 6.92 Å². The van der Waals surface area contributed by atoms with Crippen molar-refractivity contribution >= 4 is 29.0 Å². The number of halogens is 2. The van der Waals surface area contributed by atoms with Crippen LogP contribution in [0.15, 0.2) is 42.5 Å². The molecule has 0 aromatic heterocycles. The monoisotopic (exact) mass is 292 g/mol. The number of hydrogen-bond acceptors (Lipinski definition) is 1. The number of aryl methyl sites for hydroxylation is 1. The second-order valence-electron chi connectivity index (χ2n) is 4.40. The van der Waals surface area contributed by atoms with E-state index in [0.29, 0.717) is 21.2 Å². The lowest BCUT2D eigenvalue weighted by molar-refractivity contribution is 0.103. The Hall–Kier alpha value is -1.31. The largest absolute Gasteiger partial charge is 0.289 e. The van der Waals surface area contributed by atoms with Crippen LogP contribution < -0.4 is 0 Å². The molecule has 0 bridgehead atoms. The van der Waals surface area contributed by atoms with Crippen molar-refractivity contribution in [2.24, 2.45) is 0 Å². The molecule has 1 nitrogen and oxygen atoms in total. The van der Waals surface area contributed by atoms with Crippen molar-refractivity contribution in [2.75, 3.05) is 0 Å². The van der Waals surface area contributed by atoms with Gasteiger partial charge in [-0.3, -0.25) is 4.79 Å². The molecular formula is C16H14Cl2O. The summed E-state index contributed by atoms with van der Waals surface area (Å²) in [6, 6.07) is 12.6. The summed E-state index contributed by atoms with van der Waals surface area (Å²) >= 11 is 11.9. The molecule has 0 heterocycles. The molecule has 0 saturated carbocycles. The first-order valence-electron chi connectivity index (χ1n) is 6.20. The van der Waals surface area contributed by atoms with Crippen molar-refractivity contribution in [1.82, 2.24) is 0 Å². The molecule has 0 aliphatic heterocycles. The summed E-state index contributed by atoms with van der Waals surface area (Å²) in [5, 5.41) is 0.933. The first kappa shape index (κ1) is 14.1. The first-order chi connectivity index (χ1) is 9.11. The summed E-state index contributed by atoms with van der Waals surface area (Å²) in [4.78, 5) is 12.3. The predicted molar refractivity (Wildman–Crippen MR) is 80.3 cm³/mol. The lowest BCUT2D eigenvalue weighted by atomic mass is 10.0. The quantitative estimate of drug-likeness (QED) is 0.710. The molecule has 0 atom stereocenters. The van der Waals surface area contributed by atoms with Gasteiger partial charge in [0.05, 0.1) is 5.02 Å². The fraction of sp³-hybridized carbons (Fsp3) is 0.188. The Morgan fingerprint density at radius 3 is 2.37 bits per heavy atom. The molecule has 2 aromatic rings. The summed E-state index contributed by atoms with van der Waals surface area (Å²) in [7, 11) is 0. The molecule has 2 aromatic carbocycles. The third kappa shape index (κ3) is 3.37. The van der Waals surface area contributed by atoms with Crippen LogP contribution in [0.2, 0.25) is 10.0 Å². The lowest BCUT2D eigenvalue weighted by Crippen LogP contribution is -2.02. The van der Waals surface area contributed by atoms with E-state index in [1.807, 2.05) is 24.3 Å². The minimum absolute atomic E-state index is 0.101. The molecule has 0 spiro atoms. The van der Waals surface area contributed by atoms with E-state index in [1.54, 1.807) is 18.2 Å². The second kappa shape index (κ2) is 6.23. The van der Waals surface area contributed by atoms with Gasteiger partial charge in [-0.15, -0.1) is 0 Å². The van der Waals surface area contributed by atoms with Crippen LogP contribution in [0.1, 0.15) is 34.8 Å². The van der Waals surface area contributed by atoms with Crippen LogP contribution in [-0.4, -0.2) is 5.78 Å². The number of carbonyl (C=O) groups is 1. The third-order valence-electron chi connectivity index (χ3n) is 2.93. The van der Waals surface area contributed by atoms with Gasteiger partial charge in [-0.05, 0) is 30.2 Å². The number of hydrogen-bond donors (Lipinski definition) is 0. The van der Waals surface area contributed by atoms with Crippen molar-refractivity contribution < 1.29 is 4.79 Å². The van der Waals surface area contributed by atoms with Gasteiger partial charge in [0.2, 0.25) is 0 Å². The molecule has 0 aliphatic carbocycles. The molecule has 0 fully saturated rings. The Morgan fingerprint density at radius 1 is 1.05 bits per heavy atom. The van der Waals surface area contributed by atoms with Gasteiger partial charge >= 0.3 is 0 Å². The zero-order chi connectivity index (χ0) is 13.8. The Morgan fingerprint density at radius 2 is 1.74 bits per heavy atom. The fourth-order valence-electron chi connectivity index (χ4n) is 1.94. The highest BCUT2D eigenvalue weighted by atomic mass is 35.5. The first-order valence-corrected chi connectivity index (χ1v) is 6.96. The van der Waals surface area contributed by atoms with E-state index in [-0.39, 0.29) is 5.78 Å². The maximum Gasteiger partial charge on any atom is 0.194 e. The van der Waals surface area contributed by atoms with E-state index in [0.717, 1.165) is 12.8 Å². The maximum atomic E-state index is 12.3. The number of benzene rings is 2. The molecule has 2 rings (SSSR count). The summed E-state index contributed by atoms with van der Waals surface area (Å²) in [6.07, 6.45) is 2.11. The summed E-state index contributed by atoms with van der Waals surface area (Å²) in [5.74, 6) is -0.101. The average molecular weight is 293 g/mol. The molecule has 0 N–H and O–H groups in total. The Bertz CT molecular complexity index is 588. The molecule has 0 radical (unpaired) electrons. The third-order valence-corrected chi connectivity index (χ3v) is 3.49. The second-order valence-corrected chi connectivity index (χ2v) is 5.24. The Balaban J connectivity index is 2.30. The van der Waals surface area contributed by atoms with E-state index in [9.17, 15) is 4.79 Å². The zero-order valence-corrected chi connectivity index (χ0v) is 12.1. The molecule has 0 saturated heterocycles. The van der Waals surface area contributed by atoms with Gasteiger partial charge in [0.1, 0.15) is 0 Å². The van der Waals surface area contributed by atoms with Crippen LogP contribution in [0.25, 0.3) is 0 Å². The zero-order valence-electron chi connectivity index (χ0n) is 10.6. The highest BCUT2D eigenvalue weighted by molar-refractivity contribution is 6.36. The molecule has 98 valence electrons. The Kier molecular flexibility index (Phi) is 4.62. The molecule has 0 aliphatic rings. The number of ketones is 1. The SMILES string of the molecule is CCCc1ccc(C(=O)c2cc(Cl)ccc2Cl)cc1. The van der Waals surface area contributed by atoms with Crippen LogP contribution in [-0.2, 0) is 6.42 Å². The van der Waals surface area contributed by atoms with Crippen molar-refractivity contribution in [3.8, 4) is 0 Å². The van der Waals surface area contributed by atoms with Crippen molar-refractivity contribution in [1.29, 1.82) is 0 Å². The van der Waals surface area contributed by atoms with E-state index < -0.39 is 0 Å². The minimum atomic E-state index is -0.101. The van der Waals surface area contributed by atoms with Crippen molar-refractivity contribution in [2.45, 2.75) is 19.8 Å². The average Bonchev–Trinajstić information content (AvgIpc) is 2.42. The number of carbonyl (C=O) groups excluding carboxylic acids is 1. The fourth-order valence-corrected chi connectivity index (χ4v) is 2.31. The highest BCUT2D eigenvalue weighted by Crippen LogP contribution is 2.23. The highest BCUT2D eigenvalue weighted by Gasteiger charge is 2.13. The van der Waals surface area contributed by atoms with E-state index >= 15 is 0 Å². The summed E-state index contributed by atoms with van der Waals surface area (Å²) in [6.45, 7) is 2.13. The smallest absolute Gasteiger partial charge is 0.194 e. The molecule has 3 heteroatoms.